The van der Waals surface area contributed by atoms with Crippen molar-refractivity contribution in [2.45, 2.75) is 6.54 Å². The predicted molar refractivity (Wildman–Crippen MR) is 92.2 cm³/mol. The first-order valence-corrected chi connectivity index (χ1v) is 7.45. The Morgan fingerprint density at radius 2 is 1.36 bits per heavy atom. The number of nitrogens with zero attached hydrogens (tertiary/aromatic N) is 1. The van der Waals surface area contributed by atoms with Gasteiger partial charge in [0.15, 0.2) is 0 Å². The van der Waals surface area contributed by atoms with Crippen LogP contribution in [-0.2, 0) is 6.54 Å². The van der Waals surface area contributed by atoms with Crippen LogP contribution in [-0.4, -0.2) is 0 Å². The molecule has 2 radical (unpaired) electrons. The molecule has 1 heteroatoms. The summed E-state index contributed by atoms with van der Waals surface area (Å²) in [7, 11) is 0. The van der Waals surface area contributed by atoms with Gasteiger partial charge >= 0.3 is 0 Å². The van der Waals surface area contributed by atoms with Crippen LogP contribution >= 0.6 is 0 Å². The van der Waals surface area contributed by atoms with Gasteiger partial charge in [-0.25, -0.2) is 0 Å². The van der Waals surface area contributed by atoms with E-state index in [1.807, 2.05) is 6.07 Å². The molecule has 1 nitrogen and oxygen atoms in total. The molecule has 104 valence electrons. The van der Waals surface area contributed by atoms with Gasteiger partial charge in [-0.15, -0.1) is 0 Å². The molecule has 0 saturated heterocycles. The normalized spacial score (nSPS) is 10.9. The Labute approximate surface area is 130 Å². The van der Waals surface area contributed by atoms with Crippen LogP contribution in [0.1, 0.15) is 5.56 Å². The van der Waals surface area contributed by atoms with E-state index in [1.54, 1.807) is 0 Å². The number of hydrogen-bond acceptors (Lipinski definition) is 0. The molecule has 0 spiro atoms. The van der Waals surface area contributed by atoms with Gasteiger partial charge in [0.2, 0.25) is 0 Å². The van der Waals surface area contributed by atoms with Crippen molar-refractivity contribution in [3.05, 3.63) is 90.5 Å². The predicted octanol–water partition coefficient (Wildman–Crippen LogP) is 5.23. The monoisotopic (exact) mass is 281 g/mol. The summed E-state index contributed by atoms with van der Waals surface area (Å²) in [5.41, 5.74) is 2.19. The maximum atomic E-state index is 4.82. The standard InChI is InChI=1S/C21H15N/c1-3-12-19-16(7-1)9-5-11-18(19)15-22-21-14-6-10-17-8-2-4-13-20(17)21/h1-10,12-14H,15H2. The van der Waals surface area contributed by atoms with Gasteiger partial charge in [-0.3, -0.25) is 5.32 Å². The van der Waals surface area contributed by atoms with E-state index in [0.717, 1.165) is 11.3 Å². The lowest BCUT2D eigenvalue weighted by atomic mass is 10.0. The molecule has 0 bridgehead atoms. The molecule has 0 fully saturated rings. The van der Waals surface area contributed by atoms with Crippen LogP contribution in [0.5, 0.6) is 0 Å². The van der Waals surface area contributed by atoms with Crippen LogP contribution in [0.4, 0.5) is 5.69 Å². The molecular weight excluding hydrogens is 266 g/mol. The largest absolute Gasteiger partial charge is 0.280 e. The first kappa shape index (κ1) is 12.9. The summed E-state index contributed by atoms with van der Waals surface area (Å²) < 4.78 is 0. The van der Waals surface area contributed by atoms with Gasteiger partial charge < -0.3 is 0 Å². The Morgan fingerprint density at radius 3 is 2.23 bits per heavy atom. The molecule has 4 aromatic rings. The van der Waals surface area contributed by atoms with E-state index in [-0.39, 0.29) is 0 Å². The molecule has 4 aromatic carbocycles. The van der Waals surface area contributed by atoms with Crippen molar-refractivity contribution in [1.82, 2.24) is 5.32 Å². The molecular formula is C21H15N. The molecule has 0 aliphatic rings. The SMILES string of the molecule is [c]1ccc2ccccc2c1C[N]c1cccc2ccccc12. The summed E-state index contributed by atoms with van der Waals surface area (Å²) in [5.74, 6) is 0. The van der Waals surface area contributed by atoms with E-state index in [2.05, 4.69) is 78.9 Å². The molecule has 0 N–H and O–H groups in total. The highest BCUT2D eigenvalue weighted by molar-refractivity contribution is 5.92. The lowest BCUT2D eigenvalue weighted by Gasteiger charge is -2.09. The van der Waals surface area contributed by atoms with Crippen LogP contribution in [0, 0.1) is 6.07 Å². The van der Waals surface area contributed by atoms with Gasteiger partial charge in [-0.1, -0.05) is 72.8 Å². The third kappa shape index (κ3) is 2.31. The fraction of sp³-hybridized carbons (Fsp3) is 0.0476. The summed E-state index contributed by atoms with van der Waals surface area (Å²) >= 11 is 0. The highest BCUT2D eigenvalue weighted by Crippen LogP contribution is 2.25. The zero-order valence-corrected chi connectivity index (χ0v) is 12.2. The third-order valence-corrected chi connectivity index (χ3v) is 3.98. The van der Waals surface area contributed by atoms with E-state index in [0.29, 0.717) is 6.54 Å². The molecule has 0 atom stereocenters. The maximum absolute atomic E-state index is 4.82. The average molecular weight is 281 g/mol. The van der Waals surface area contributed by atoms with Crippen molar-refractivity contribution in [3.63, 3.8) is 0 Å². The Bertz CT molecular complexity index is 850. The topological polar surface area (TPSA) is 14.1 Å². The van der Waals surface area contributed by atoms with Gasteiger partial charge in [0.05, 0.1) is 12.2 Å². The summed E-state index contributed by atoms with van der Waals surface area (Å²) in [4.78, 5) is 0. The van der Waals surface area contributed by atoms with Gasteiger partial charge in [0.25, 0.3) is 0 Å². The fourth-order valence-corrected chi connectivity index (χ4v) is 2.87. The van der Waals surface area contributed by atoms with Gasteiger partial charge in [-0.05, 0) is 33.9 Å². The second-order valence-corrected chi connectivity index (χ2v) is 5.36. The zero-order chi connectivity index (χ0) is 14.8. The van der Waals surface area contributed by atoms with Gasteiger partial charge in [-0.2, -0.15) is 0 Å². The molecule has 0 amide bonds. The smallest absolute Gasteiger partial charge is 0.0659 e. The van der Waals surface area contributed by atoms with Gasteiger partial charge in [0, 0.05) is 5.39 Å². The van der Waals surface area contributed by atoms with E-state index < -0.39 is 0 Å². The number of benzene rings is 4. The summed E-state index contributed by atoms with van der Waals surface area (Å²) in [6.45, 7) is 0.648. The molecule has 0 aromatic heterocycles. The van der Waals surface area contributed by atoms with E-state index in [1.165, 1.54) is 21.5 Å². The Hall–Kier alpha value is -2.80. The van der Waals surface area contributed by atoms with Crippen LogP contribution in [0.2, 0.25) is 0 Å². The average Bonchev–Trinajstić information content (AvgIpc) is 2.60. The second-order valence-electron chi connectivity index (χ2n) is 5.36. The molecule has 0 aliphatic carbocycles. The molecule has 0 aliphatic heterocycles. The first-order chi connectivity index (χ1) is 10.9. The van der Waals surface area contributed by atoms with E-state index in [9.17, 15) is 0 Å². The van der Waals surface area contributed by atoms with E-state index in [4.69, 9.17) is 5.32 Å². The van der Waals surface area contributed by atoms with Crippen LogP contribution in [0.25, 0.3) is 21.5 Å². The number of fused-ring (bicyclic) bond motifs is 2. The maximum Gasteiger partial charge on any atom is 0.0659 e. The number of hydrogen-bond donors (Lipinski definition) is 0. The summed E-state index contributed by atoms with van der Waals surface area (Å²) in [5, 5.41) is 9.72. The Morgan fingerprint density at radius 1 is 0.682 bits per heavy atom. The van der Waals surface area contributed by atoms with Crippen LogP contribution < -0.4 is 5.32 Å². The highest BCUT2D eigenvalue weighted by atomic mass is 14.9. The summed E-state index contributed by atoms with van der Waals surface area (Å²) in [6.07, 6.45) is 0. The molecule has 4 rings (SSSR count). The first-order valence-electron chi connectivity index (χ1n) is 7.45. The van der Waals surface area contributed by atoms with Crippen molar-refractivity contribution >= 4 is 27.2 Å². The molecule has 0 saturated carbocycles. The van der Waals surface area contributed by atoms with Crippen molar-refractivity contribution < 1.29 is 0 Å². The van der Waals surface area contributed by atoms with Crippen molar-refractivity contribution in [2.24, 2.45) is 0 Å². The Kier molecular flexibility index (Phi) is 3.24. The van der Waals surface area contributed by atoms with Crippen LogP contribution in [0.3, 0.4) is 0 Å². The highest BCUT2D eigenvalue weighted by Gasteiger charge is 2.04. The zero-order valence-electron chi connectivity index (χ0n) is 12.2. The second kappa shape index (κ2) is 5.53. The minimum atomic E-state index is 0.648. The van der Waals surface area contributed by atoms with Crippen molar-refractivity contribution in [2.75, 3.05) is 0 Å². The molecule has 0 unspecified atom stereocenters. The Balaban J connectivity index is 1.69. The minimum Gasteiger partial charge on any atom is -0.280 e. The van der Waals surface area contributed by atoms with Crippen molar-refractivity contribution in [1.29, 1.82) is 0 Å². The van der Waals surface area contributed by atoms with Crippen molar-refractivity contribution in [3.8, 4) is 0 Å². The molecule has 22 heavy (non-hydrogen) atoms. The lowest BCUT2D eigenvalue weighted by Crippen LogP contribution is -1.99. The molecule has 0 heterocycles. The van der Waals surface area contributed by atoms with Gasteiger partial charge in [0.1, 0.15) is 0 Å². The number of rotatable bonds is 3. The minimum absolute atomic E-state index is 0.648. The van der Waals surface area contributed by atoms with E-state index >= 15 is 0 Å². The van der Waals surface area contributed by atoms with Crippen LogP contribution in [0.15, 0.2) is 78.9 Å². The quantitative estimate of drug-likeness (QED) is 0.488. The third-order valence-electron chi connectivity index (χ3n) is 3.98. The fourth-order valence-electron chi connectivity index (χ4n) is 2.87. The summed E-state index contributed by atoms with van der Waals surface area (Å²) in [6, 6.07) is 30.4. The lowest BCUT2D eigenvalue weighted by molar-refractivity contribution is 0.875.